The number of hydrogen-bond acceptors (Lipinski definition) is 4. The molecule has 1 aromatic heterocycles. The van der Waals surface area contributed by atoms with E-state index >= 15 is 0 Å². The number of halogens is 2. The fourth-order valence-corrected chi connectivity index (χ4v) is 2.23. The Morgan fingerprint density at radius 3 is 2.56 bits per heavy atom. The number of carbonyl (C=O) groups is 1. The number of nitrogens with zero attached hydrogens (tertiary/aromatic N) is 2. The quantitative estimate of drug-likeness (QED) is 0.806. The van der Waals surface area contributed by atoms with E-state index in [1.165, 1.54) is 0 Å². The lowest BCUT2D eigenvalue weighted by atomic mass is 10.1. The van der Waals surface area contributed by atoms with Gasteiger partial charge in [-0.15, -0.1) is 5.10 Å². The van der Waals surface area contributed by atoms with Crippen LogP contribution in [-0.2, 0) is 6.42 Å². The molecule has 0 saturated heterocycles. The summed E-state index contributed by atoms with van der Waals surface area (Å²) in [5, 5.41) is 6.29. The van der Waals surface area contributed by atoms with Crippen LogP contribution in [-0.4, -0.2) is 15.4 Å². The second-order valence-electron chi connectivity index (χ2n) is 3.09. The molecule has 0 aliphatic carbocycles. The standard InChI is InChI=1S/C10H6Cl2N2OS/c11-7-2-1-3-8(12)6(7)4-10(15)9-5-16-14-13-9/h1-3,5H,4H2. The maximum Gasteiger partial charge on any atom is 0.188 e. The Balaban J connectivity index is 2.25. The van der Waals surface area contributed by atoms with E-state index in [0.29, 0.717) is 21.3 Å². The van der Waals surface area contributed by atoms with Crippen LogP contribution in [0.25, 0.3) is 0 Å². The van der Waals surface area contributed by atoms with Crippen molar-refractivity contribution >= 4 is 40.5 Å². The van der Waals surface area contributed by atoms with E-state index in [1.807, 2.05) is 0 Å². The van der Waals surface area contributed by atoms with Gasteiger partial charge in [0.2, 0.25) is 0 Å². The minimum atomic E-state index is -0.135. The summed E-state index contributed by atoms with van der Waals surface area (Å²) in [6.45, 7) is 0. The third kappa shape index (κ3) is 2.40. The molecule has 0 fully saturated rings. The highest BCUT2D eigenvalue weighted by molar-refractivity contribution is 7.03. The number of ketones is 1. The highest BCUT2D eigenvalue weighted by Crippen LogP contribution is 2.25. The van der Waals surface area contributed by atoms with Crippen LogP contribution >= 0.6 is 34.7 Å². The van der Waals surface area contributed by atoms with Crippen molar-refractivity contribution in [1.29, 1.82) is 0 Å². The summed E-state index contributed by atoms with van der Waals surface area (Å²) in [6, 6.07) is 5.15. The Morgan fingerprint density at radius 1 is 1.31 bits per heavy atom. The van der Waals surface area contributed by atoms with Gasteiger partial charge in [0, 0.05) is 21.8 Å². The van der Waals surface area contributed by atoms with E-state index in [-0.39, 0.29) is 12.2 Å². The molecular weight excluding hydrogens is 267 g/mol. The Hall–Kier alpha value is -0.970. The van der Waals surface area contributed by atoms with Crippen LogP contribution in [0.5, 0.6) is 0 Å². The van der Waals surface area contributed by atoms with Crippen molar-refractivity contribution in [3.05, 3.63) is 44.9 Å². The van der Waals surface area contributed by atoms with Gasteiger partial charge in [-0.2, -0.15) is 0 Å². The fourth-order valence-electron chi connectivity index (χ4n) is 1.24. The lowest BCUT2D eigenvalue weighted by Gasteiger charge is -2.04. The number of benzene rings is 1. The van der Waals surface area contributed by atoms with Gasteiger partial charge in [-0.25, -0.2) is 0 Å². The Morgan fingerprint density at radius 2 is 2.00 bits per heavy atom. The zero-order valence-electron chi connectivity index (χ0n) is 7.98. The Labute approximate surface area is 106 Å². The van der Waals surface area contributed by atoms with Crippen LogP contribution in [0.3, 0.4) is 0 Å². The monoisotopic (exact) mass is 272 g/mol. The molecule has 0 unspecified atom stereocenters. The van der Waals surface area contributed by atoms with Gasteiger partial charge in [0.05, 0.1) is 0 Å². The predicted octanol–water partition coefficient (Wildman–Crippen LogP) is 3.27. The lowest BCUT2D eigenvalue weighted by molar-refractivity contribution is 0.0988. The largest absolute Gasteiger partial charge is 0.292 e. The van der Waals surface area contributed by atoms with Gasteiger partial charge < -0.3 is 0 Å². The van der Waals surface area contributed by atoms with Crippen LogP contribution in [0.1, 0.15) is 16.1 Å². The van der Waals surface area contributed by atoms with Crippen molar-refractivity contribution < 1.29 is 4.79 Å². The van der Waals surface area contributed by atoms with Gasteiger partial charge in [0.1, 0.15) is 5.69 Å². The molecule has 1 heterocycles. The van der Waals surface area contributed by atoms with Crippen molar-refractivity contribution in [2.45, 2.75) is 6.42 Å². The predicted molar refractivity (Wildman–Crippen MR) is 64.4 cm³/mol. The molecule has 82 valence electrons. The van der Waals surface area contributed by atoms with Crippen LogP contribution in [0.15, 0.2) is 23.6 Å². The summed E-state index contributed by atoms with van der Waals surface area (Å²) in [5.74, 6) is -0.135. The van der Waals surface area contributed by atoms with Crippen molar-refractivity contribution in [3.8, 4) is 0 Å². The third-order valence-corrected chi connectivity index (χ3v) is 3.26. The minimum absolute atomic E-state index is 0.135. The first-order chi connectivity index (χ1) is 7.68. The van der Waals surface area contributed by atoms with E-state index < -0.39 is 0 Å². The molecule has 2 aromatic rings. The van der Waals surface area contributed by atoms with Crippen molar-refractivity contribution in [1.82, 2.24) is 9.59 Å². The molecule has 6 heteroatoms. The van der Waals surface area contributed by atoms with Gasteiger partial charge in [-0.05, 0) is 29.2 Å². The zero-order chi connectivity index (χ0) is 11.5. The van der Waals surface area contributed by atoms with Crippen LogP contribution in [0.2, 0.25) is 10.0 Å². The molecule has 16 heavy (non-hydrogen) atoms. The lowest BCUT2D eigenvalue weighted by Crippen LogP contribution is -2.05. The first-order valence-electron chi connectivity index (χ1n) is 4.41. The highest BCUT2D eigenvalue weighted by atomic mass is 35.5. The molecule has 0 spiro atoms. The maximum atomic E-state index is 11.8. The van der Waals surface area contributed by atoms with Gasteiger partial charge in [0.25, 0.3) is 0 Å². The Kier molecular flexibility index (Phi) is 3.53. The van der Waals surface area contributed by atoms with Crippen LogP contribution < -0.4 is 0 Å². The van der Waals surface area contributed by atoms with E-state index in [2.05, 4.69) is 9.59 Å². The van der Waals surface area contributed by atoms with Crippen LogP contribution in [0.4, 0.5) is 0 Å². The second kappa shape index (κ2) is 4.91. The third-order valence-electron chi connectivity index (χ3n) is 2.04. The van der Waals surface area contributed by atoms with Crippen molar-refractivity contribution in [2.24, 2.45) is 0 Å². The molecule has 0 atom stereocenters. The average Bonchev–Trinajstić information content (AvgIpc) is 2.76. The summed E-state index contributed by atoms with van der Waals surface area (Å²) in [5.41, 5.74) is 0.977. The van der Waals surface area contributed by atoms with E-state index in [9.17, 15) is 4.79 Å². The topological polar surface area (TPSA) is 42.9 Å². The molecule has 0 amide bonds. The molecule has 0 saturated carbocycles. The molecule has 0 N–H and O–H groups in total. The maximum absolute atomic E-state index is 11.8. The first kappa shape index (κ1) is 11.5. The first-order valence-corrected chi connectivity index (χ1v) is 6.01. The van der Waals surface area contributed by atoms with Crippen molar-refractivity contribution in [2.75, 3.05) is 0 Å². The number of Topliss-reactive ketones (excluding diaryl/α,β-unsaturated/α-hetero) is 1. The Bertz CT molecular complexity index is 493. The number of rotatable bonds is 3. The molecule has 0 aliphatic heterocycles. The molecular formula is C10H6Cl2N2OS. The van der Waals surface area contributed by atoms with Gasteiger partial charge in [0.15, 0.2) is 5.78 Å². The number of aromatic nitrogens is 2. The van der Waals surface area contributed by atoms with E-state index in [0.717, 1.165) is 11.5 Å². The molecule has 0 aliphatic rings. The van der Waals surface area contributed by atoms with Crippen LogP contribution in [0, 0.1) is 0 Å². The van der Waals surface area contributed by atoms with Gasteiger partial charge in [-0.3, -0.25) is 4.79 Å². The number of carbonyl (C=O) groups excluding carboxylic acids is 1. The molecule has 1 aromatic carbocycles. The van der Waals surface area contributed by atoms with Gasteiger partial charge >= 0.3 is 0 Å². The molecule has 0 radical (unpaired) electrons. The van der Waals surface area contributed by atoms with E-state index in [4.69, 9.17) is 23.2 Å². The normalized spacial score (nSPS) is 10.4. The minimum Gasteiger partial charge on any atom is -0.292 e. The highest BCUT2D eigenvalue weighted by Gasteiger charge is 2.14. The van der Waals surface area contributed by atoms with Crippen molar-refractivity contribution in [3.63, 3.8) is 0 Å². The average molecular weight is 273 g/mol. The zero-order valence-corrected chi connectivity index (χ0v) is 10.3. The molecule has 0 bridgehead atoms. The fraction of sp³-hybridized carbons (Fsp3) is 0.100. The summed E-state index contributed by atoms with van der Waals surface area (Å²) < 4.78 is 3.63. The summed E-state index contributed by atoms with van der Waals surface area (Å²) >= 11 is 13.1. The molecule has 3 nitrogen and oxygen atoms in total. The summed E-state index contributed by atoms with van der Waals surface area (Å²) in [4.78, 5) is 11.8. The molecule has 2 rings (SSSR count). The van der Waals surface area contributed by atoms with E-state index in [1.54, 1.807) is 23.6 Å². The van der Waals surface area contributed by atoms with Gasteiger partial charge in [-0.1, -0.05) is 33.8 Å². The SMILES string of the molecule is O=C(Cc1c(Cl)cccc1Cl)c1csnn1. The summed E-state index contributed by atoms with van der Waals surface area (Å²) in [7, 11) is 0. The second-order valence-corrected chi connectivity index (χ2v) is 4.51. The summed E-state index contributed by atoms with van der Waals surface area (Å²) in [6.07, 6.45) is 0.143. The number of hydrogen-bond donors (Lipinski definition) is 0. The smallest absolute Gasteiger partial charge is 0.188 e.